The van der Waals surface area contributed by atoms with Gasteiger partial charge in [-0.2, -0.15) is 0 Å². The summed E-state index contributed by atoms with van der Waals surface area (Å²) in [6, 6.07) is 1.14. The van der Waals surface area contributed by atoms with Crippen molar-refractivity contribution in [3.05, 3.63) is 0 Å². The zero-order valence-electron chi connectivity index (χ0n) is 11.7. The monoisotopic (exact) mass is 273 g/mol. The fourth-order valence-electron chi connectivity index (χ4n) is 3.54. The Labute approximate surface area is 114 Å². The van der Waals surface area contributed by atoms with E-state index in [9.17, 15) is 4.21 Å². The molecule has 2 fully saturated rings. The molecule has 1 saturated heterocycles. The van der Waals surface area contributed by atoms with Crippen LogP contribution in [0.2, 0.25) is 0 Å². The molecule has 1 spiro atoms. The summed E-state index contributed by atoms with van der Waals surface area (Å²) in [6.07, 6.45) is 9.27. The first-order valence-electron chi connectivity index (χ1n) is 7.26. The van der Waals surface area contributed by atoms with Crippen LogP contribution in [-0.2, 0) is 15.5 Å². The minimum absolute atomic E-state index is 0.483. The first-order valence-corrected chi connectivity index (χ1v) is 8.99. The fraction of sp³-hybridized carbons (Fsp3) is 1.00. The lowest BCUT2D eigenvalue weighted by molar-refractivity contribution is 0.00277. The Kier molecular flexibility index (Phi) is 5.22. The van der Waals surface area contributed by atoms with E-state index in [0.29, 0.717) is 17.5 Å². The minimum atomic E-state index is -0.662. The predicted molar refractivity (Wildman–Crippen MR) is 76.3 cm³/mol. The van der Waals surface area contributed by atoms with Crippen molar-refractivity contribution in [2.75, 3.05) is 25.2 Å². The molecule has 0 aromatic rings. The number of hydrogen-bond acceptors (Lipinski definition) is 3. The van der Waals surface area contributed by atoms with E-state index in [1.54, 1.807) is 6.26 Å². The van der Waals surface area contributed by atoms with Gasteiger partial charge in [-0.1, -0.05) is 6.42 Å². The van der Waals surface area contributed by atoms with Crippen molar-refractivity contribution in [2.24, 2.45) is 5.41 Å². The molecule has 0 amide bonds. The molecule has 0 bridgehead atoms. The maximum atomic E-state index is 11.1. The van der Waals surface area contributed by atoms with E-state index in [1.165, 1.54) is 32.1 Å². The molecule has 18 heavy (non-hydrogen) atoms. The highest BCUT2D eigenvalue weighted by atomic mass is 32.2. The molecule has 2 aliphatic rings. The lowest BCUT2D eigenvalue weighted by Gasteiger charge is -2.40. The van der Waals surface area contributed by atoms with E-state index in [-0.39, 0.29) is 0 Å². The Bertz CT molecular complexity index is 290. The lowest BCUT2D eigenvalue weighted by Crippen LogP contribution is -2.48. The van der Waals surface area contributed by atoms with Crippen LogP contribution in [0.3, 0.4) is 0 Å². The van der Waals surface area contributed by atoms with E-state index < -0.39 is 10.8 Å². The molecule has 3 unspecified atom stereocenters. The van der Waals surface area contributed by atoms with Crippen LogP contribution < -0.4 is 5.32 Å². The second-order valence-electron chi connectivity index (χ2n) is 6.05. The van der Waals surface area contributed by atoms with Gasteiger partial charge >= 0.3 is 0 Å². The van der Waals surface area contributed by atoms with Crippen LogP contribution in [0.5, 0.6) is 0 Å². The molecule has 1 saturated carbocycles. The molecule has 0 aromatic carbocycles. The van der Waals surface area contributed by atoms with E-state index in [2.05, 4.69) is 12.2 Å². The summed E-state index contributed by atoms with van der Waals surface area (Å²) >= 11 is 0. The molecule has 0 aromatic heterocycles. The largest absolute Gasteiger partial charge is 0.381 e. The minimum Gasteiger partial charge on any atom is -0.381 e. The summed E-state index contributed by atoms with van der Waals surface area (Å²) in [5, 5.41) is 3.80. The number of hydrogen-bond donors (Lipinski definition) is 1. The Morgan fingerprint density at radius 1 is 1.39 bits per heavy atom. The third-order valence-electron chi connectivity index (χ3n) is 4.72. The van der Waals surface area contributed by atoms with Gasteiger partial charge in [0.2, 0.25) is 0 Å². The van der Waals surface area contributed by atoms with E-state index >= 15 is 0 Å². The number of ether oxygens (including phenoxy) is 1. The van der Waals surface area contributed by atoms with Gasteiger partial charge in [0.1, 0.15) is 0 Å². The van der Waals surface area contributed by atoms with Gasteiger partial charge in [0.25, 0.3) is 0 Å². The van der Waals surface area contributed by atoms with Gasteiger partial charge in [-0.05, 0) is 44.4 Å². The van der Waals surface area contributed by atoms with Crippen molar-refractivity contribution in [1.82, 2.24) is 5.32 Å². The smallest absolute Gasteiger partial charge is 0.0471 e. The van der Waals surface area contributed by atoms with Crippen LogP contribution in [0.25, 0.3) is 0 Å². The standard InChI is InChI=1S/C14H27NO2S/c1-12(5-11-18(2)16)15-13-4-3-6-14(13)7-9-17-10-8-14/h12-13,15H,3-11H2,1-2H3. The van der Waals surface area contributed by atoms with E-state index in [1.807, 2.05) is 0 Å². The molecular formula is C14H27NO2S. The summed E-state index contributed by atoms with van der Waals surface area (Å²) in [5.74, 6) is 0.816. The molecule has 3 atom stereocenters. The maximum absolute atomic E-state index is 11.1. The lowest BCUT2D eigenvalue weighted by atomic mass is 9.75. The van der Waals surface area contributed by atoms with Gasteiger partial charge in [-0.25, -0.2) is 0 Å². The van der Waals surface area contributed by atoms with Crippen LogP contribution in [0.1, 0.15) is 45.4 Å². The van der Waals surface area contributed by atoms with Crippen LogP contribution >= 0.6 is 0 Å². The van der Waals surface area contributed by atoms with Crippen molar-refractivity contribution >= 4 is 10.8 Å². The summed E-state index contributed by atoms with van der Waals surface area (Å²) in [6.45, 7) is 4.11. The van der Waals surface area contributed by atoms with Gasteiger partial charge in [-0.3, -0.25) is 4.21 Å². The Morgan fingerprint density at radius 3 is 2.78 bits per heavy atom. The molecule has 4 heteroatoms. The number of rotatable bonds is 5. The van der Waals surface area contributed by atoms with Gasteiger partial charge in [0.15, 0.2) is 0 Å². The van der Waals surface area contributed by atoms with E-state index in [4.69, 9.17) is 4.74 Å². The normalized spacial score (nSPS) is 30.4. The topological polar surface area (TPSA) is 38.3 Å². The van der Waals surface area contributed by atoms with Crippen LogP contribution in [0.4, 0.5) is 0 Å². The van der Waals surface area contributed by atoms with Crippen molar-refractivity contribution in [3.63, 3.8) is 0 Å². The summed E-state index contributed by atoms with van der Waals surface area (Å²) in [4.78, 5) is 0. The Morgan fingerprint density at radius 2 is 2.11 bits per heavy atom. The van der Waals surface area contributed by atoms with Crippen molar-refractivity contribution in [1.29, 1.82) is 0 Å². The molecule has 2 rings (SSSR count). The van der Waals surface area contributed by atoms with Gasteiger partial charge < -0.3 is 10.1 Å². The highest BCUT2D eigenvalue weighted by Crippen LogP contribution is 2.46. The molecule has 106 valence electrons. The molecule has 1 N–H and O–H groups in total. The Hall–Kier alpha value is 0.0700. The second kappa shape index (κ2) is 6.49. The molecule has 1 heterocycles. The first kappa shape index (κ1) is 14.5. The third-order valence-corrected chi connectivity index (χ3v) is 5.53. The zero-order chi connectivity index (χ0) is 13.0. The zero-order valence-corrected chi connectivity index (χ0v) is 12.6. The third kappa shape index (κ3) is 3.55. The first-order chi connectivity index (χ1) is 8.62. The molecule has 0 radical (unpaired) electrons. The molecule has 1 aliphatic carbocycles. The van der Waals surface area contributed by atoms with Crippen molar-refractivity contribution in [2.45, 2.75) is 57.5 Å². The average Bonchev–Trinajstić information content (AvgIpc) is 2.71. The summed E-state index contributed by atoms with van der Waals surface area (Å²) in [7, 11) is -0.662. The summed E-state index contributed by atoms with van der Waals surface area (Å²) in [5.41, 5.74) is 0.498. The highest BCUT2D eigenvalue weighted by Gasteiger charge is 2.43. The SMILES string of the molecule is CC(CCS(C)=O)NC1CCCC12CCOCC2. The fourth-order valence-corrected chi connectivity index (χ4v) is 4.23. The van der Waals surface area contributed by atoms with Crippen molar-refractivity contribution < 1.29 is 8.95 Å². The Balaban J connectivity index is 1.85. The van der Waals surface area contributed by atoms with Crippen LogP contribution in [-0.4, -0.2) is 41.5 Å². The van der Waals surface area contributed by atoms with Crippen LogP contribution in [0, 0.1) is 5.41 Å². The van der Waals surface area contributed by atoms with E-state index in [0.717, 1.165) is 25.4 Å². The summed E-state index contributed by atoms with van der Waals surface area (Å²) < 4.78 is 16.7. The maximum Gasteiger partial charge on any atom is 0.0471 e. The molecule has 3 nitrogen and oxygen atoms in total. The average molecular weight is 273 g/mol. The predicted octanol–water partition coefficient (Wildman–Crippen LogP) is 2.08. The quantitative estimate of drug-likeness (QED) is 0.833. The van der Waals surface area contributed by atoms with Gasteiger partial charge in [0, 0.05) is 48.1 Å². The second-order valence-corrected chi connectivity index (χ2v) is 7.61. The van der Waals surface area contributed by atoms with Crippen LogP contribution in [0.15, 0.2) is 0 Å². The van der Waals surface area contributed by atoms with Gasteiger partial charge in [0.05, 0.1) is 0 Å². The molecular weight excluding hydrogens is 246 g/mol. The highest BCUT2D eigenvalue weighted by molar-refractivity contribution is 7.84. The molecule has 1 aliphatic heterocycles. The number of nitrogens with one attached hydrogen (secondary N) is 1. The van der Waals surface area contributed by atoms with Gasteiger partial charge in [-0.15, -0.1) is 0 Å². The van der Waals surface area contributed by atoms with Crippen molar-refractivity contribution in [3.8, 4) is 0 Å².